The van der Waals surface area contributed by atoms with Crippen molar-refractivity contribution >= 4 is 21.6 Å². The van der Waals surface area contributed by atoms with E-state index in [-0.39, 0.29) is 23.4 Å². The number of anilines is 1. The van der Waals surface area contributed by atoms with Gasteiger partial charge in [-0.2, -0.15) is 5.10 Å². The molecule has 2 aromatic heterocycles. The molecule has 1 aromatic carbocycles. The van der Waals surface area contributed by atoms with Gasteiger partial charge in [0.2, 0.25) is 15.9 Å². The van der Waals surface area contributed by atoms with Crippen LogP contribution in [0.5, 0.6) is 0 Å². The van der Waals surface area contributed by atoms with Crippen LogP contribution in [0.1, 0.15) is 25.0 Å². The summed E-state index contributed by atoms with van der Waals surface area (Å²) in [4.78, 5) is 18.1. The number of hydrogen-bond acceptors (Lipinski definition) is 5. The highest BCUT2D eigenvalue weighted by Gasteiger charge is 2.30. The van der Waals surface area contributed by atoms with Gasteiger partial charge in [0.05, 0.1) is 4.90 Å². The fourth-order valence-electron chi connectivity index (χ4n) is 3.68. The van der Waals surface area contributed by atoms with Crippen molar-refractivity contribution < 1.29 is 13.2 Å². The summed E-state index contributed by atoms with van der Waals surface area (Å²) in [6, 6.07) is 10.2. The molecule has 29 heavy (non-hydrogen) atoms. The summed E-state index contributed by atoms with van der Waals surface area (Å²) < 4.78 is 30.0. The van der Waals surface area contributed by atoms with Gasteiger partial charge in [-0.1, -0.05) is 6.07 Å². The third kappa shape index (κ3) is 3.66. The van der Waals surface area contributed by atoms with Crippen LogP contribution in [0.3, 0.4) is 0 Å². The lowest BCUT2D eigenvalue weighted by Crippen LogP contribution is -2.33. The molecule has 1 N–H and O–H groups in total. The van der Waals surface area contributed by atoms with Crippen LogP contribution in [-0.4, -0.2) is 35.1 Å². The van der Waals surface area contributed by atoms with E-state index in [9.17, 15) is 13.2 Å². The molecular formula is C20H21N5O3S. The molecule has 0 radical (unpaired) electrons. The van der Waals surface area contributed by atoms with E-state index >= 15 is 0 Å². The Bertz CT molecular complexity index is 1160. The average Bonchev–Trinajstić information content (AvgIpc) is 3.33. The number of aromatic nitrogens is 3. The van der Waals surface area contributed by atoms with Crippen molar-refractivity contribution in [2.75, 3.05) is 4.90 Å². The molecule has 1 aliphatic heterocycles. The summed E-state index contributed by atoms with van der Waals surface area (Å²) in [6.07, 6.45) is 5.66. The number of carbonyl (C=O) groups excluding carboxylic acids is 1. The highest BCUT2D eigenvalue weighted by Crippen LogP contribution is 2.33. The lowest BCUT2D eigenvalue weighted by atomic mass is 10.1. The number of sulfonamides is 1. The van der Waals surface area contributed by atoms with Crippen molar-refractivity contribution in [2.24, 2.45) is 0 Å². The normalized spacial score (nSPS) is 16.1. The van der Waals surface area contributed by atoms with Crippen molar-refractivity contribution in [2.45, 2.75) is 37.8 Å². The van der Waals surface area contributed by atoms with Crippen LogP contribution >= 0.6 is 0 Å². The molecule has 1 amide bonds. The van der Waals surface area contributed by atoms with E-state index in [4.69, 9.17) is 0 Å². The zero-order valence-electron chi connectivity index (χ0n) is 16.1. The molecule has 0 aliphatic carbocycles. The first-order valence-corrected chi connectivity index (χ1v) is 10.7. The SMILES string of the molecule is CC(=O)N1c2ccc(S(=O)(=O)NCc3cccnc3-n3cccn3)cc2CC1C. The van der Waals surface area contributed by atoms with Crippen molar-refractivity contribution in [3.63, 3.8) is 0 Å². The van der Waals surface area contributed by atoms with Crippen molar-refractivity contribution in [3.05, 3.63) is 66.1 Å². The predicted octanol–water partition coefficient (Wildman–Crippen LogP) is 2.04. The number of nitrogens with one attached hydrogen (secondary N) is 1. The molecule has 0 saturated heterocycles. The smallest absolute Gasteiger partial charge is 0.240 e. The van der Waals surface area contributed by atoms with Crippen LogP contribution in [0.2, 0.25) is 0 Å². The van der Waals surface area contributed by atoms with Gasteiger partial charge in [-0.25, -0.2) is 22.8 Å². The minimum atomic E-state index is -3.73. The molecule has 1 aliphatic rings. The van der Waals surface area contributed by atoms with E-state index in [0.717, 1.165) is 11.3 Å². The maximum absolute atomic E-state index is 12.9. The molecule has 4 rings (SSSR count). The van der Waals surface area contributed by atoms with Crippen LogP contribution in [0.4, 0.5) is 5.69 Å². The molecule has 1 atom stereocenters. The predicted molar refractivity (Wildman–Crippen MR) is 108 cm³/mol. The average molecular weight is 411 g/mol. The summed E-state index contributed by atoms with van der Waals surface area (Å²) in [5, 5.41) is 4.16. The molecule has 150 valence electrons. The number of pyridine rings is 1. The quantitative estimate of drug-likeness (QED) is 0.693. The second-order valence-corrected chi connectivity index (χ2v) is 8.76. The molecule has 3 heterocycles. The van der Waals surface area contributed by atoms with E-state index < -0.39 is 10.0 Å². The lowest BCUT2D eigenvalue weighted by Gasteiger charge is -2.20. The Morgan fingerprint density at radius 2 is 2.07 bits per heavy atom. The van der Waals surface area contributed by atoms with Crippen LogP contribution in [0.15, 0.2) is 59.9 Å². The number of hydrogen-bond donors (Lipinski definition) is 1. The second-order valence-electron chi connectivity index (χ2n) is 6.99. The van der Waals surface area contributed by atoms with Crippen LogP contribution in [0.25, 0.3) is 5.82 Å². The minimum absolute atomic E-state index is 0.0143. The van der Waals surface area contributed by atoms with Crippen molar-refractivity contribution in [1.82, 2.24) is 19.5 Å². The summed E-state index contributed by atoms with van der Waals surface area (Å²) in [6.45, 7) is 3.55. The first-order chi connectivity index (χ1) is 13.9. The summed E-state index contributed by atoms with van der Waals surface area (Å²) >= 11 is 0. The highest BCUT2D eigenvalue weighted by molar-refractivity contribution is 7.89. The molecule has 0 fully saturated rings. The van der Waals surface area contributed by atoms with Gasteiger partial charge in [-0.05, 0) is 49.2 Å². The number of nitrogens with zero attached hydrogens (tertiary/aromatic N) is 4. The fraction of sp³-hybridized carbons (Fsp3) is 0.250. The topological polar surface area (TPSA) is 97.2 Å². The Morgan fingerprint density at radius 1 is 1.24 bits per heavy atom. The Balaban J connectivity index is 1.57. The van der Waals surface area contributed by atoms with Gasteiger partial charge in [-0.3, -0.25) is 4.79 Å². The number of benzene rings is 1. The monoisotopic (exact) mass is 411 g/mol. The van der Waals surface area contributed by atoms with Crippen molar-refractivity contribution in [1.29, 1.82) is 0 Å². The number of carbonyl (C=O) groups is 1. The van der Waals surface area contributed by atoms with Gasteiger partial charge in [0, 0.05) is 49.4 Å². The van der Waals surface area contributed by atoms with Gasteiger partial charge in [0.15, 0.2) is 5.82 Å². The molecule has 0 bridgehead atoms. The Kier molecular flexibility index (Phi) is 4.93. The second kappa shape index (κ2) is 7.41. The van der Waals surface area contributed by atoms with E-state index in [1.54, 1.807) is 52.4 Å². The van der Waals surface area contributed by atoms with Crippen molar-refractivity contribution in [3.8, 4) is 5.82 Å². The first-order valence-electron chi connectivity index (χ1n) is 9.23. The molecular weight excluding hydrogens is 390 g/mol. The van der Waals surface area contributed by atoms with E-state index in [2.05, 4.69) is 14.8 Å². The summed E-state index contributed by atoms with van der Waals surface area (Å²) in [5.41, 5.74) is 2.34. The van der Waals surface area contributed by atoms with Gasteiger partial charge < -0.3 is 4.90 Å². The maximum Gasteiger partial charge on any atom is 0.240 e. The van der Waals surface area contributed by atoms with Crippen LogP contribution in [0, 0.1) is 0 Å². The summed E-state index contributed by atoms with van der Waals surface area (Å²) in [5.74, 6) is 0.521. The third-order valence-corrected chi connectivity index (χ3v) is 6.36. The zero-order valence-corrected chi connectivity index (χ0v) is 16.9. The highest BCUT2D eigenvalue weighted by atomic mass is 32.2. The Labute approximate surface area is 169 Å². The van der Waals surface area contributed by atoms with Gasteiger partial charge >= 0.3 is 0 Å². The Morgan fingerprint density at radius 3 is 2.79 bits per heavy atom. The molecule has 9 heteroatoms. The van der Waals surface area contributed by atoms with Crippen LogP contribution < -0.4 is 9.62 Å². The standard InChI is InChI=1S/C20H21N5O3S/c1-14-11-17-12-18(6-7-19(17)25(14)15(2)26)29(27,28)23-13-16-5-3-8-21-20(16)24-10-4-9-22-24/h3-10,12,14,23H,11,13H2,1-2H3. The van der Waals surface area contributed by atoms with E-state index in [1.165, 1.54) is 13.0 Å². The fourth-order valence-corrected chi connectivity index (χ4v) is 4.74. The van der Waals surface area contributed by atoms with Gasteiger partial charge in [-0.15, -0.1) is 0 Å². The van der Waals surface area contributed by atoms with E-state index in [1.807, 2.05) is 13.0 Å². The zero-order chi connectivity index (χ0) is 20.6. The van der Waals surface area contributed by atoms with Gasteiger partial charge in [0.25, 0.3) is 0 Å². The van der Waals surface area contributed by atoms with Crippen LogP contribution in [-0.2, 0) is 27.8 Å². The van der Waals surface area contributed by atoms with E-state index in [0.29, 0.717) is 17.8 Å². The number of fused-ring (bicyclic) bond motifs is 1. The maximum atomic E-state index is 12.9. The molecule has 0 saturated carbocycles. The lowest BCUT2D eigenvalue weighted by molar-refractivity contribution is -0.116. The minimum Gasteiger partial charge on any atom is -0.309 e. The third-order valence-electron chi connectivity index (χ3n) is 4.96. The Hall–Kier alpha value is -3.04. The molecule has 1 unspecified atom stereocenters. The summed E-state index contributed by atoms with van der Waals surface area (Å²) in [7, 11) is -3.73. The number of rotatable bonds is 5. The largest absolute Gasteiger partial charge is 0.309 e. The molecule has 3 aromatic rings. The molecule has 0 spiro atoms. The first kappa shape index (κ1) is 19.3. The molecule has 8 nitrogen and oxygen atoms in total. The van der Waals surface area contributed by atoms with Gasteiger partial charge in [0.1, 0.15) is 0 Å². The number of amides is 1.